The Morgan fingerprint density at radius 1 is 0.857 bits per heavy atom. The van der Waals surface area contributed by atoms with Crippen LogP contribution in [-0.2, 0) is 0 Å². The molecule has 2 atom stereocenters. The molecule has 0 saturated carbocycles. The van der Waals surface area contributed by atoms with Crippen LogP contribution in [0.3, 0.4) is 0 Å². The summed E-state index contributed by atoms with van der Waals surface area (Å²) in [4.78, 5) is 0. The van der Waals surface area contributed by atoms with Gasteiger partial charge in [-0.3, -0.25) is 0 Å². The van der Waals surface area contributed by atoms with Crippen molar-refractivity contribution in [3.05, 3.63) is 0 Å². The van der Waals surface area contributed by atoms with Crippen LogP contribution in [0.5, 0.6) is 0 Å². The second-order valence-corrected chi connectivity index (χ2v) is 4.80. The number of hydrogen-bond acceptors (Lipinski definition) is 1. The van der Waals surface area contributed by atoms with E-state index in [0.29, 0.717) is 6.61 Å². The molecule has 0 spiro atoms. The Morgan fingerprint density at radius 2 is 1.43 bits per heavy atom. The van der Waals surface area contributed by atoms with E-state index in [9.17, 15) is 0 Å². The lowest BCUT2D eigenvalue weighted by Crippen LogP contribution is -2.00. The molecule has 0 aliphatic rings. The molecule has 0 radical (unpaired) electrons. The fraction of sp³-hybridized carbons (Fsp3) is 1.00. The van der Waals surface area contributed by atoms with Crippen molar-refractivity contribution in [2.24, 2.45) is 11.8 Å². The van der Waals surface area contributed by atoms with Crippen molar-refractivity contribution in [1.29, 1.82) is 0 Å². The van der Waals surface area contributed by atoms with Crippen LogP contribution in [0.2, 0.25) is 0 Å². The van der Waals surface area contributed by atoms with Crippen LogP contribution in [0.1, 0.15) is 65.7 Å². The van der Waals surface area contributed by atoms with Crippen LogP contribution < -0.4 is 0 Å². The van der Waals surface area contributed by atoms with E-state index in [1.807, 2.05) is 0 Å². The summed E-state index contributed by atoms with van der Waals surface area (Å²) in [5.41, 5.74) is 0. The third kappa shape index (κ3) is 8.55. The maximum atomic E-state index is 8.67. The topological polar surface area (TPSA) is 20.2 Å². The fourth-order valence-electron chi connectivity index (χ4n) is 1.96. The summed E-state index contributed by atoms with van der Waals surface area (Å²) in [5, 5.41) is 8.67. The minimum absolute atomic E-state index is 0.360. The smallest absolute Gasteiger partial charge is 0.0431 e. The zero-order chi connectivity index (χ0) is 10.8. The highest BCUT2D eigenvalue weighted by molar-refractivity contribution is 4.58. The van der Waals surface area contributed by atoms with Crippen molar-refractivity contribution in [2.75, 3.05) is 6.61 Å². The molecule has 1 nitrogen and oxygen atoms in total. The van der Waals surface area contributed by atoms with Crippen LogP contribution in [0.4, 0.5) is 0 Å². The normalized spacial score (nSPS) is 15.4. The maximum Gasteiger partial charge on any atom is 0.0431 e. The third-order valence-electron chi connectivity index (χ3n) is 3.04. The standard InChI is InChI=1S/C13H28O/c1-4-7-12(2)9-10-13(3)8-5-6-11-14/h12-14H,4-11H2,1-3H3. The first kappa shape index (κ1) is 14.0. The predicted molar refractivity (Wildman–Crippen MR) is 63.4 cm³/mol. The van der Waals surface area contributed by atoms with Gasteiger partial charge in [-0.05, 0) is 18.3 Å². The van der Waals surface area contributed by atoms with E-state index >= 15 is 0 Å². The Morgan fingerprint density at radius 3 is 1.93 bits per heavy atom. The van der Waals surface area contributed by atoms with Crippen LogP contribution >= 0.6 is 0 Å². The number of unbranched alkanes of at least 4 members (excludes halogenated alkanes) is 1. The molecule has 0 fully saturated rings. The van der Waals surface area contributed by atoms with E-state index in [-0.39, 0.29) is 0 Å². The quantitative estimate of drug-likeness (QED) is 0.558. The van der Waals surface area contributed by atoms with Gasteiger partial charge in [0.1, 0.15) is 0 Å². The summed E-state index contributed by atoms with van der Waals surface area (Å²) >= 11 is 0. The van der Waals surface area contributed by atoms with Gasteiger partial charge < -0.3 is 5.11 Å². The molecule has 1 heteroatoms. The van der Waals surface area contributed by atoms with E-state index in [1.54, 1.807) is 0 Å². The first-order valence-electron chi connectivity index (χ1n) is 6.31. The van der Waals surface area contributed by atoms with E-state index in [0.717, 1.165) is 18.3 Å². The lowest BCUT2D eigenvalue weighted by molar-refractivity contribution is 0.276. The van der Waals surface area contributed by atoms with Crippen molar-refractivity contribution in [1.82, 2.24) is 0 Å². The zero-order valence-electron chi connectivity index (χ0n) is 10.3. The first-order chi connectivity index (χ1) is 6.70. The van der Waals surface area contributed by atoms with Crippen molar-refractivity contribution in [3.8, 4) is 0 Å². The van der Waals surface area contributed by atoms with Crippen molar-refractivity contribution in [3.63, 3.8) is 0 Å². The Kier molecular flexibility index (Phi) is 9.49. The third-order valence-corrected chi connectivity index (χ3v) is 3.04. The summed E-state index contributed by atoms with van der Waals surface area (Å²) < 4.78 is 0. The van der Waals surface area contributed by atoms with Gasteiger partial charge in [0, 0.05) is 6.61 Å². The highest BCUT2D eigenvalue weighted by Crippen LogP contribution is 2.19. The molecule has 0 bridgehead atoms. The predicted octanol–water partition coefficient (Wildman–Crippen LogP) is 4.00. The summed E-state index contributed by atoms with van der Waals surface area (Å²) in [5.74, 6) is 1.75. The zero-order valence-corrected chi connectivity index (χ0v) is 10.3. The van der Waals surface area contributed by atoms with Crippen molar-refractivity contribution < 1.29 is 5.11 Å². The van der Waals surface area contributed by atoms with Gasteiger partial charge in [-0.15, -0.1) is 0 Å². The molecule has 0 heterocycles. The summed E-state index contributed by atoms with van der Waals surface area (Å²) in [6, 6.07) is 0. The Bertz CT molecular complexity index is 112. The number of hydrogen-bond donors (Lipinski definition) is 1. The van der Waals surface area contributed by atoms with E-state index in [4.69, 9.17) is 5.11 Å². The molecular weight excluding hydrogens is 172 g/mol. The molecule has 0 amide bonds. The number of aliphatic hydroxyl groups excluding tert-OH is 1. The minimum atomic E-state index is 0.360. The van der Waals surface area contributed by atoms with E-state index < -0.39 is 0 Å². The van der Waals surface area contributed by atoms with Gasteiger partial charge in [0.05, 0.1) is 0 Å². The average molecular weight is 200 g/mol. The van der Waals surface area contributed by atoms with Gasteiger partial charge >= 0.3 is 0 Å². The number of rotatable bonds is 9. The monoisotopic (exact) mass is 200 g/mol. The van der Waals surface area contributed by atoms with Gasteiger partial charge in [-0.1, -0.05) is 59.3 Å². The fourth-order valence-corrected chi connectivity index (χ4v) is 1.96. The van der Waals surface area contributed by atoms with E-state index in [1.165, 1.54) is 38.5 Å². The van der Waals surface area contributed by atoms with E-state index in [2.05, 4.69) is 20.8 Å². The molecule has 1 N–H and O–H groups in total. The molecule has 0 saturated heterocycles. The average Bonchev–Trinajstić information content (AvgIpc) is 2.16. The molecule has 0 aliphatic carbocycles. The minimum Gasteiger partial charge on any atom is -0.396 e. The van der Waals surface area contributed by atoms with Gasteiger partial charge in [0.2, 0.25) is 0 Å². The van der Waals surface area contributed by atoms with Gasteiger partial charge in [-0.25, -0.2) is 0 Å². The first-order valence-corrected chi connectivity index (χ1v) is 6.31. The lowest BCUT2D eigenvalue weighted by atomic mass is 9.92. The Labute approximate surface area is 89.9 Å². The van der Waals surface area contributed by atoms with Crippen molar-refractivity contribution >= 4 is 0 Å². The highest BCUT2D eigenvalue weighted by atomic mass is 16.2. The molecule has 0 rings (SSSR count). The molecular formula is C13H28O. The summed E-state index contributed by atoms with van der Waals surface area (Å²) in [6.07, 6.45) is 8.91. The molecule has 2 unspecified atom stereocenters. The van der Waals surface area contributed by atoms with Crippen LogP contribution in [-0.4, -0.2) is 11.7 Å². The highest BCUT2D eigenvalue weighted by Gasteiger charge is 2.05. The Hall–Kier alpha value is -0.0400. The number of aliphatic hydroxyl groups is 1. The summed E-state index contributed by atoms with van der Waals surface area (Å²) in [6.45, 7) is 7.33. The summed E-state index contributed by atoms with van der Waals surface area (Å²) in [7, 11) is 0. The molecule has 14 heavy (non-hydrogen) atoms. The molecule has 0 aromatic heterocycles. The second-order valence-electron chi connectivity index (χ2n) is 4.80. The molecule has 0 aliphatic heterocycles. The van der Waals surface area contributed by atoms with Gasteiger partial charge in [0.25, 0.3) is 0 Å². The largest absolute Gasteiger partial charge is 0.396 e. The van der Waals surface area contributed by atoms with Crippen molar-refractivity contribution in [2.45, 2.75) is 65.7 Å². The van der Waals surface area contributed by atoms with Gasteiger partial charge in [0.15, 0.2) is 0 Å². The van der Waals surface area contributed by atoms with Crippen LogP contribution in [0.25, 0.3) is 0 Å². The Balaban J connectivity index is 3.29. The lowest BCUT2D eigenvalue weighted by Gasteiger charge is -2.14. The molecule has 0 aromatic carbocycles. The van der Waals surface area contributed by atoms with Gasteiger partial charge in [-0.2, -0.15) is 0 Å². The van der Waals surface area contributed by atoms with Crippen LogP contribution in [0, 0.1) is 11.8 Å². The molecule has 86 valence electrons. The maximum absolute atomic E-state index is 8.67. The second kappa shape index (κ2) is 9.51. The van der Waals surface area contributed by atoms with Crippen LogP contribution in [0.15, 0.2) is 0 Å². The molecule has 0 aromatic rings. The SMILES string of the molecule is CCCC(C)CCC(C)CCCCO.